The Balaban J connectivity index is 1.63. The van der Waals surface area contributed by atoms with Gasteiger partial charge in [0.05, 0.1) is 12.2 Å². The van der Waals surface area contributed by atoms with E-state index >= 15 is 0 Å². The number of carbonyl (C=O) groups excluding carboxylic acids is 1. The molecular weight excluding hydrogens is 274 g/mol. The van der Waals surface area contributed by atoms with Gasteiger partial charge in [-0.25, -0.2) is 0 Å². The molecule has 2 aromatic rings. The molecule has 0 bridgehead atoms. The summed E-state index contributed by atoms with van der Waals surface area (Å²) >= 11 is 0. The van der Waals surface area contributed by atoms with E-state index < -0.39 is 5.97 Å². The number of carboxylic acid groups (broad SMARTS) is 1. The molecule has 1 aliphatic carbocycles. The Morgan fingerprint density at radius 2 is 2.29 bits per heavy atom. The molecule has 1 saturated carbocycles. The van der Waals surface area contributed by atoms with Gasteiger partial charge in [0.1, 0.15) is 5.69 Å². The Kier molecular flexibility index (Phi) is 3.47. The third-order valence-corrected chi connectivity index (χ3v) is 3.71. The van der Waals surface area contributed by atoms with Crippen LogP contribution in [-0.4, -0.2) is 33.2 Å². The fourth-order valence-electron chi connectivity index (χ4n) is 2.59. The molecule has 0 aliphatic heterocycles. The number of aromatic amines is 1. The summed E-state index contributed by atoms with van der Waals surface area (Å²) in [7, 11) is 0. The van der Waals surface area contributed by atoms with Crippen LogP contribution in [0.1, 0.15) is 29.8 Å². The number of hydrogen-bond acceptors (Lipinski definition) is 4. The van der Waals surface area contributed by atoms with E-state index in [-0.39, 0.29) is 23.6 Å². The van der Waals surface area contributed by atoms with E-state index in [1.54, 1.807) is 24.5 Å². The summed E-state index contributed by atoms with van der Waals surface area (Å²) in [5.41, 5.74) is 0.889. The van der Waals surface area contributed by atoms with E-state index in [0.717, 1.165) is 0 Å². The first-order valence-corrected chi connectivity index (χ1v) is 6.76. The van der Waals surface area contributed by atoms with E-state index in [1.165, 1.54) is 0 Å². The molecule has 0 unspecified atom stereocenters. The molecule has 1 amide bonds. The highest BCUT2D eigenvalue weighted by Gasteiger charge is 2.31. The Morgan fingerprint density at radius 3 is 2.95 bits per heavy atom. The molecule has 7 heteroatoms. The molecule has 1 fully saturated rings. The van der Waals surface area contributed by atoms with Crippen LogP contribution < -0.4 is 5.32 Å². The van der Waals surface area contributed by atoms with Gasteiger partial charge in [0.15, 0.2) is 11.5 Å². The average Bonchev–Trinajstić information content (AvgIpc) is 3.19. The number of hydrogen-bond donors (Lipinski definition) is 3. The number of amides is 1. The molecule has 110 valence electrons. The first-order valence-electron chi connectivity index (χ1n) is 6.76. The van der Waals surface area contributed by atoms with E-state index in [2.05, 4.69) is 15.5 Å². The lowest BCUT2D eigenvalue weighted by atomic mass is 10.1. The van der Waals surface area contributed by atoms with Crippen LogP contribution in [-0.2, 0) is 4.79 Å². The van der Waals surface area contributed by atoms with E-state index in [1.807, 2.05) is 0 Å². The van der Waals surface area contributed by atoms with Gasteiger partial charge in [-0.2, -0.15) is 5.10 Å². The largest absolute Gasteiger partial charge is 0.481 e. The van der Waals surface area contributed by atoms with Crippen LogP contribution in [0.2, 0.25) is 0 Å². The molecule has 2 heterocycles. The number of aliphatic carboxylic acids is 1. The predicted octanol–water partition coefficient (Wildman–Crippen LogP) is 1.65. The number of nitrogens with one attached hydrogen (secondary N) is 2. The van der Waals surface area contributed by atoms with Crippen LogP contribution in [0.25, 0.3) is 11.5 Å². The monoisotopic (exact) mass is 289 g/mol. The van der Waals surface area contributed by atoms with Crippen LogP contribution in [0.3, 0.4) is 0 Å². The van der Waals surface area contributed by atoms with Gasteiger partial charge in [-0.15, -0.1) is 0 Å². The number of furan rings is 1. The maximum absolute atomic E-state index is 12.1. The minimum atomic E-state index is -0.799. The Hall–Kier alpha value is -2.57. The predicted molar refractivity (Wildman–Crippen MR) is 72.5 cm³/mol. The van der Waals surface area contributed by atoms with Crippen molar-refractivity contribution in [3.63, 3.8) is 0 Å². The van der Waals surface area contributed by atoms with Gasteiger partial charge >= 0.3 is 5.97 Å². The van der Waals surface area contributed by atoms with E-state index in [9.17, 15) is 9.59 Å². The summed E-state index contributed by atoms with van der Waals surface area (Å²) in [6, 6.07) is 5.02. The summed E-state index contributed by atoms with van der Waals surface area (Å²) in [6.07, 6.45) is 3.29. The number of carbonyl (C=O) groups is 2. The minimum Gasteiger partial charge on any atom is -0.481 e. The summed E-state index contributed by atoms with van der Waals surface area (Å²) in [5.74, 6) is -0.867. The van der Waals surface area contributed by atoms with Gasteiger partial charge in [-0.05, 0) is 31.4 Å². The van der Waals surface area contributed by atoms with Crippen molar-refractivity contribution in [2.75, 3.05) is 0 Å². The van der Waals surface area contributed by atoms with Gasteiger partial charge in [0, 0.05) is 12.1 Å². The molecule has 3 rings (SSSR count). The molecular formula is C14H15N3O4. The molecule has 2 aromatic heterocycles. The van der Waals surface area contributed by atoms with Crippen molar-refractivity contribution in [1.29, 1.82) is 0 Å². The van der Waals surface area contributed by atoms with Gasteiger partial charge < -0.3 is 14.8 Å². The van der Waals surface area contributed by atoms with Crippen molar-refractivity contribution >= 4 is 11.9 Å². The molecule has 0 radical (unpaired) electrons. The molecule has 0 aromatic carbocycles. The lowest BCUT2D eigenvalue weighted by Gasteiger charge is -2.10. The maximum atomic E-state index is 12.1. The summed E-state index contributed by atoms with van der Waals surface area (Å²) in [5, 5.41) is 18.5. The molecule has 1 aliphatic rings. The average molecular weight is 289 g/mol. The zero-order chi connectivity index (χ0) is 14.8. The lowest BCUT2D eigenvalue weighted by Crippen LogP contribution is -2.33. The second-order valence-electron chi connectivity index (χ2n) is 5.16. The third-order valence-electron chi connectivity index (χ3n) is 3.71. The SMILES string of the molecule is O=C(N[C@H]1CC[C@@H](C(=O)O)C1)c1cc(-c2ccco2)[nH]n1. The quantitative estimate of drug-likeness (QED) is 0.793. The molecule has 2 atom stereocenters. The number of H-pyrrole nitrogens is 1. The fraction of sp³-hybridized carbons (Fsp3) is 0.357. The van der Waals surface area contributed by atoms with E-state index in [4.69, 9.17) is 9.52 Å². The van der Waals surface area contributed by atoms with Crippen molar-refractivity contribution in [2.45, 2.75) is 25.3 Å². The van der Waals surface area contributed by atoms with Crippen LogP contribution in [0.15, 0.2) is 28.9 Å². The van der Waals surface area contributed by atoms with Gasteiger partial charge in [-0.3, -0.25) is 14.7 Å². The summed E-state index contributed by atoms with van der Waals surface area (Å²) in [6.45, 7) is 0. The van der Waals surface area contributed by atoms with Crippen molar-refractivity contribution in [1.82, 2.24) is 15.5 Å². The second kappa shape index (κ2) is 5.43. The third kappa shape index (κ3) is 2.81. The second-order valence-corrected chi connectivity index (χ2v) is 5.16. The van der Waals surface area contributed by atoms with Gasteiger partial charge in [0.2, 0.25) is 0 Å². The van der Waals surface area contributed by atoms with Crippen LogP contribution in [0.5, 0.6) is 0 Å². The normalized spacial score (nSPS) is 21.3. The molecule has 7 nitrogen and oxygen atoms in total. The van der Waals surface area contributed by atoms with Crippen LogP contribution in [0.4, 0.5) is 0 Å². The fourth-order valence-corrected chi connectivity index (χ4v) is 2.59. The van der Waals surface area contributed by atoms with Gasteiger partial charge in [-0.1, -0.05) is 0 Å². The zero-order valence-corrected chi connectivity index (χ0v) is 11.2. The first kappa shape index (κ1) is 13.4. The van der Waals surface area contributed by atoms with Crippen LogP contribution >= 0.6 is 0 Å². The zero-order valence-electron chi connectivity index (χ0n) is 11.2. The minimum absolute atomic E-state index is 0.109. The van der Waals surface area contributed by atoms with Crippen LogP contribution in [0, 0.1) is 5.92 Å². The summed E-state index contributed by atoms with van der Waals surface area (Å²) in [4.78, 5) is 23.0. The lowest BCUT2D eigenvalue weighted by molar-refractivity contribution is -0.141. The highest BCUT2D eigenvalue weighted by atomic mass is 16.4. The van der Waals surface area contributed by atoms with Crippen molar-refractivity contribution < 1.29 is 19.1 Å². The Bertz CT molecular complexity index is 647. The number of aromatic nitrogens is 2. The highest BCUT2D eigenvalue weighted by molar-refractivity contribution is 5.93. The smallest absolute Gasteiger partial charge is 0.306 e. The molecule has 21 heavy (non-hydrogen) atoms. The van der Waals surface area contributed by atoms with Crippen molar-refractivity contribution in [3.8, 4) is 11.5 Å². The summed E-state index contributed by atoms with van der Waals surface area (Å²) < 4.78 is 5.22. The number of nitrogens with zero attached hydrogens (tertiary/aromatic N) is 1. The van der Waals surface area contributed by atoms with Crippen molar-refractivity contribution in [3.05, 3.63) is 30.2 Å². The highest BCUT2D eigenvalue weighted by Crippen LogP contribution is 2.26. The number of carboxylic acids is 1. The number of rotatable bonds is 4. The standard InChI is InChI=1S/C14H15N3O4/c18-13(15-9-4-3-8(6-9)14(19)20)11-7-10(16-17-11)12-2-1-5-21-12/h1-2,5,7-9H,3-4,6H2,(H,15,18)(H,16,17)(H,19,20)/t8-,9+/m1/s1. The topological polar surface area (TPSA) is 108 Å². The van der Waals surface area contributed by atoms with E-state index in [0.29, 0.717) is 30.7 Å². The maximum Gasteiger partial charge on any atom is 0.306 e. The molecule has 0 spiro atoms. The van der Waals surface area contributed by atoms with Crippen molar-refractivity contribution in [2.24, 2.45) is 5.92 Å². The Morgan fingerprint density at radius 1 is 1.43 bits per heavy atom. The molecule has 0 saturated heterocycles. The first-order chi connectivity index (χ1) is 10.1. The van der Waals surface area contributed by atoms with Gasteiger partial charge in [0.25, 0.3) is 5.91 Å². The Labute approximate surface area is 120 Å². The molecule has 3 N–H and O–H groups in total.